The van der Waals surface area contributed by atoms with Crippen LogP contribution in [0.2, 0.25) is 0 Å². The SMILES string of the molecule is CC1=CCN(C(=O)[C@@H]2CCCN2S(=O)(=O)c2ccc(F)cc2)CC1. The van der Waals surface area contributed by atoms with Crippen LogP contribution in [0, 0.1) is 5.82 Å². The molecule has 0 radical (unpaired) electrons. The topological polar surface area (TPSA) is 57.7 Å². The molecule has 1 fully saturated rings. The summed E-state index contributed by atoms with van der Waals surface area (Å²) in [5.74, 6) is -0.625. The number of nitrogens with zero attached hydrogens (tertiary/aromatic N) is 2. The lowest BCUT2D eigenvalue weighted by atomic mass is 10.1. The number of hydrogen-bond acceptors (Lipinski definition) is 3. The lowest BCUT2D eigenvalue weighted by Crippen LogP contribution is -2.48. The average Bonchev–Trinajstić information content (AvgIpc) is 3.06. The third kappa shape index (κ3) is 3.23. The van der Waals surface area contributed by atoms with Crippen LogP contribution in [-0.2, 0) is 14.8 Å². The predicted molar refractivity (Wildman–Crippen MR) is 88.3 cm³/mol. The number of benzene rings is 1. The smallest absolute Gasteiger partial charge is 0.243 e. The van der Waals surface area contributed by atoms with Crippen molar-refractivity contribution < 1.29 is 17.6 Å². The second-order valence-corrected chi connectivity index (χ2v) is 8.20. The Kier molecular flexibility index (Phi) is 4.73. The summed E-state index contributed by atoms with van der Waals surface area (Å²) in [4.78, 5) is 14.5. The van der Waals surface area contributed by atoms with Gasteiger partial charge in [-0.3, -0.25) is 4.79 Å². The van der Waals surface area contributed by atoms with E-state index >= 15 is 0 Å². The molecule has 0 spiro atoms. The molecule has 0 unspecified atom stereocenters. The minimum Gasteiger partial charge on any atom is -0.337 e. The van der Waals surface area contributed by atoms with E-state index < -0.39 is 21.9 Å². The Bertz CT molecular complexity index is 759. The molecule has 0 saturated carbocycles. The van der Waals surface area contributed by atoms with Gasteiger partial charge in [0.15, 0.2) is 0 Å². The van der Waals surface area contributed by atoms with Gasteiger partial charge in [-0.1, -0.05) is 11.6 Å². The molecule has 0 aromatic heterocycles. The number of sulfonamides is 1. The standard InChI is InChI=1S/C17H21FN2O3S/c1-13-8-11-19(12-9-13)17(21)16-3-2-10-20(16)24(22,23)15-6-4-14(18)5-7-15/h4-8,16H,2-3,9-12H2,1H3/t16-/m0/s1. The van der Waals surface area contributed by atoms with Gasteiger partial charge in [-0.05, 0) is 50.5 Å². The van der Waals surface area contributed by atoms with Gasteiger partial charge in [0, 0.05) is 19.6 Å². The van der Waals surface area contributed by atoms with Crippen LogP contribution in [0.1, 0.15) is 26.2 Å². The molecule has 1 aromatic rings. The first-order chi connectivity index (χ1) is 11.4. The van der Waals surface area contributed by atoms with Gasteiger partial charge in [-0.15, -0.1) is 0 Å². The van der Waals surface area contributed by atoms with E-state index in [1.807, 2.05) is 13.0 Å². The van der Waals surface area contributed by atoms with Crippen LogP contribution in [0.3, 0.4) is 0 Å². The van der Waals surface area contributed by atoms with Gasteiger partial charge >= 0.3 is 0 Å². The Morgan fingerprint density at radius 3 is 2.54 bits per heavy atom. The van der Waals surface area contributed by atoms with Crippen molar-refractivity contribution in [2.24, 2.45) is 0 Å². The average molecular weight is 352 g/mol. The second kappa shape index (κ2) is 6.64. The summed E-state index contributed by atoms with van der Waals surface area (Å²) < 4.78 is 40.0. The van der Waals surface area contributed by atoms with E-state index in [0.29, 0.717) is 32.5 Å². The fraction of sp³-hybridized carbons (Fsp3) is 0.471. The van der Waals surface area contributed by atoms with Crippen molar-refractivity contribution in [3.63, 3.8) is 0 Å². The molecule has 130 valence electrons. The van der Waals surface area contributed by atoms with Crippen molar-refractivity contribution in [3.8, 4) is 0 Å². The van der Waals surface area contributed by atoms with Crippen LogP contribution in [0.4, 0.5) is 4.39 Å². The van der Waals surface area contributed by atoms with Crippen LogP contribution < -0.4 is 0 Å². The highest BCUT2D eigenvalue weighted by Gasteiger charge is 2.41. The predicted octanol–water partition coefficient (Wildman–Crippen LogP) is 2.16. The summed E-state index contributed by atoms with van der Waals surface area (Å²) in [5, 5.41) is 0. The minimum absolute atomic E-state index is 0.0259. The van der Waals surface area contributed by atoms with Gasteiger partial charge in [0.2, 0.25) is 15.9 Å². The van der Waals surface area contributed by atoms with E-state index in [4.69, 9.17) is 0 Å². The Labute approximate surface area is 141 Å². The lowest BCUT2D eigenvalue weighted by molar-refractivity contribution is -0.134. The quantitative estimate of drug-likeness (QED) is 0.784. The molecule has 0 aliphatic carbocycles. The fourth-order valence-corrected chi connectivity index (χ4v) is 4.85. The zero-order valence-electron chi connectivity index (χ0n) is 13.6. The Morgan fingerprint density at radius 2 is 1.92 bits per heavy atom. The van der Waals surface area contributed by atoms with E-state index in [9.17, 15) is 17.6 Å². The molecular weight excluding hydrogens is 331 g/mol. The zero-order valence-corrected chi connectivity index (χ0v) is 14.4. The molecule has 3 rings (SSSR count). The highest BCUT2D eigenvalue weighted by molar-refractivity contribution is 7.89. The Hall–Kier alpha value is -1.73. The number of carbonyl (C=O) groups is 1. The molecule has 1 aromatic carbocycles. The molecule has 2 aliphatic rings. The number of carbonyl (C=O) groups excluding carboxylic acids is 1. The van der Waals surface area contributed by atoms with Crippen molar-refractivity contribution in [1.82, 2.24) is 9.21 Å². The van der Waals surface area contributed by atoms with Crippen molar-refractivity contribution in [2.75, 3.05) is 19.6 Å². The first kappa shape index (κ1) is 17.1. The molecular formula is C17H21FN2O3S. The molecule has 1 saturated heterocycles. The van der Waals surface area contributed by atoms with Gasteiger partial charge < -0.3 is 4.90 Å². The third-order valence-electron chi connectivity index (χ3n) is 4.66. The molecule has 24 heavy (non-hydrogen) atoms. The molecule has 7 heteroatoms. The number of hydrogen-bond donors (Lipinski definition) is 0. The number of halogens is 1. The third-order valence-corrected chi connectivity index (χ3v) is 6.58. The van der Waals surface area contributed by atoms with E-state index in [1.165, 1.54) is 22.0 Å². The highest BCUT2D eigenvalue weighted by atomic mass is 32.2. The maximum absolute atomic E-state index is 13.1. The van der Waals surface area contributed by atoms with Crippen molar-refractivity contribution in [3.05, 3.63) is 41.7 Å². The number of amides is 1. The van der Waals surface area contributed by atoms with Crippen molar-refractivity contribution in [1.29, 1.82) is 0 Å². The lowest BCUT2D eigenvalue weighted by Gasteiger charge is -2.31. The normalized spacial score (nSPS) is 22.5. The van der Waals surface area contributed by atoms with Gasteiger partial charge in [-0.25, -0.2) is 12.8 Å². The van der Waals surface area contributed by atoms with E-state index in [-0.39, 0.29) is 10.8 Å². The van der Waals surface area contributed by atoms with Gasteiger partial charge in [0.05, 0.1) is 4.90 Å². The summed E-state index contributed by atoms with van der Waals surface area (Å²) in [6.07, 6.45) is 4.01. The van der Waals surface area contributed by atoms with Crippen LogP contribution in [-0.4, -0.2) is 49.2 Å². The van der Waals surface area contributed by atoms with E-state index in [2.05, 4.69) is 0 Å². The maximum Gasteiger partial charge on any atom is 0.243 e. The molecule has 1 atom stereocenters. The summed E-state index contributed by atoms with van der Waals surface area (Å²) in [6, 6.07) is 4.08. The summed E-state index contributed by atoms with van der Waals surface area (Å²) in [7, 11) is -3.80. The first-order valence-electron chi connectivity index (χ1n) is 8.11. The largest absolute Gasteiger partial charge is 0.337 e. The Balaban J connectivity index is 1.82. The van der Waals surface area contributed by atoms with Crippen molar-refractivity contribution >= 4 is 15.9 Å². The monoisotopic (exact) mass is 352 g/mol. The summed E-state index contributed by atoms with van der Waals surface area (Å²) >= 11 is 0. The van der Waals surface area contributed by atoms with Crippen LogP contribution in [0.5, 0.6) is 0 Å². The molecule has 2 aliphatic heterocycles. The van der Waals surface area contributed by atoms with Gasteiger partial charge in [0.1, 0.15) is 11.9 Å². The van der Waals surface area contributed by atoms with Gasteiger partial charge in [-0.2, -0.15) is 4.31 Å². The first-order valence-corrected chi connectivity index (χ1v) is 9.55. The minimum atomic E-state index is -3.80. The molecule has 2 heterocycles. The molecule has 0 N–H and O–H groups in total. The fourth-order valence-electron chi connectivity index (χ4n) is 3.20. The number of rotatable bonds is 3. The highest BCUT2D eigenvalue weighted by Crippen LogP contribution is 2.28. The summed E-state index contributed by atoms with van der Waals surface area (Å²) in [6.45, 7) is 3.51. The van der Waals surface area contributed by atoms with E-state index in [1.54, 1.807) is 4.90 Å². The van der Waals surface area contributed by atoms with Crippen LogP contribution in [0.25, 0.3) is 0 Å². The molecule has 1 amide bonds. The molecule has 0 bridgehead atoms. The summed E-state index contributed by atoms with van der Waals surface area (Å²) in [5.41, 5.74) is 1.25. The Morgan fingerprint density at radius 1 is 1.21 bits per heavy atom. The molecule has 5 nitrogen and oxygen atoms in total. The zero-order chi connectivity index (χ0) is 17.3. The van der Waals surface area contributed by atoms with Crippen molar-refractivity contribution in [2.45, 2.75) is 37.1 Å². The van der Waals surface area contributed by atoms with Crippen LogP contribution in [0.15, 0.2) is 40.8 Å². The maximum atomic E-state index is 13.1. The van der Waals surface area contributed by atoms with Gasteiger partial charge in [0.25, 0.3) is 0 Å². The second-order valence-electron chi connectivity index (χ2n) is 6.31. The van der Waals surface area contributed by atoms with Crippen LogP contribution >= 0.6 is 0 Å². The van der Waals surface area contributed by atoms with E-state index in [0.717, 1.165) is 18.6 Å².